The molecule has 2 rings (SSSR count). The molecule has 0 aliphatic carbocycles. The van der Waals surface area contributed by atoms with Crippen LogP contribution in [0.15, 0.2) is 33.7 Å². The second-order valence-corrected chi connectivity index (χ2v) is 4.96. The maximum atomic E-state index is 11.7. The lowest BCUT2D eigenvalue weighted by atomic mass is 10.1. The molecule has 0 aliphatic heterocycles. The van der Waals surface area contributed by atoms with Crippen LogP contribution in [0.25, 0.3) is 11.3 Å². The van der Waals surface area contributed by atoms with Crippen LogP contribution >= 0.6 is 15.9 Å². The number of carboxylic acids is 1. The van der Waals surface area contributed by atoms with E-state index in [1.165, 1.54) is 20.4 Å². The summed E-state index contributed by atoms with van der Waals surface area (Å²) in [6, 6.07) is 5.08. The number of methoxy groups -OCH3 is 1. The van der Waals surface area contributed by atoms with E-state index < -0.39 is 11.7 Å². The smallest absolute Gasteiger partial charge is 0.347 e. The molecule has 2 aromatic rings. The van der Waals surface area contributed by atoms with Crippen molar-refractivity contribution in [3.63, 3.8) is 0 Å². The van der Waals surface area contributed by atoms with Crippen molar-refractivity contribution in [2.45, 2.75) is 0 Å². The van der Waals surface area contributed by atoms with Gasteiger partial charge in [0.25, 0.3) is 0 Å². The van der Waals surface area contributed by atoms with Crippen LogP contribution in [0, 0.1) is 0 Å². The van der Waals surface area contributed by atoms with Crippen molar-refractivity contribution < 1.29 is 14.6 Å². The first-order valence-corrected chi connectivity index (χ1v) is 6.38. The Hall–Kier alpha value is -2.15. The molecular formula is C13H11BrN2O4. The predicted octanol–water partition coefficient (Wildman–Crippen LogP) is 1.92. The molecule has 1 aromatic carbocycles. The molecule has 0 spiro atoms. The zero-order valence-corrected chi connectivity index (χ0v) is 12.3. The Labute approximate surface area is 122 Å². The summed E-state index contributed by atoms with van der Waals surface area (Å²) in [7, 11) is 2.91. The van der Waals surface area contributed by atoms with Crippen molar-refractivity contribution in [1.29, 1.82) is 0 Å². The number of aryl methyl sites for hydroxylation is 1. The number of hydrogen-bond donors (Lipinski definition) is 1. The Morgan fingerprint density at radius 1 is 1.45 bits per heavy atom. The van der Waals surface area contributed by atoms with Crippen molar-refractivity contribution in [2.75, 3.05) is 7.11 Å². The maximum Gasteiger partial charge on any atom is 0.347 e. The molecule has 1 heterocycles. The van der Waals surface area contributed by atoms with E-state index in [0.717, 1.165) is 9.04 Å². The highest BCUT2D eigenvalue weighted by atomic mass is 79.9. The SMILES string of the molecule is COc1ccc(Br)cc1-c1nc(=O)n(C)cc1C(=O)O. The minimum Gasteiger partial charge on any atom is -0.496 e. The van der Waals surface area contributed by atoms with Gasteiger partial charge in [-0.25, -0.2) is 9.59 Å². The van der Waals surface area contributed by atoms with E-state index in [1.54, 1.807) is 18.2 Å². The van der Waals surface area contributed by atoms with E-state index in [4.69, 9.17) is 4.74 Å². The standard InChI is InChI=1S/C13H11BrN2O4/c1-16-6-9(12(17)18)11(15-13(16)19)8-5-7(14)3-4-10(8)20-2/h3-6H,1-2H3,(H,17,18). The second kappa shape index (κ2) is 5.46. The molecule has 0 unspecified atom stereocenters. The monoisotopic (exact) mass is 338 g/mol. The number of nitrogens with zero attached hydrogens (tertiary/aromatic N) is 2. The number of carbonyl (C=O) groups is 1. The molecule has 0 fully saturated rings. The van der Waals surface area contributed by atoms with E-state index in [2.05, 4.69) is 20.9 Å². The predicted molar refractivity (Wildman–Crippen MR) is 76.1 cm³/mol. The minimum atomic E-state index is -1.16. The van der Waals surface area contributed by atoms with Crippen LogP contribution in [0.3, 0.4) is 0 Å². The molecule has 0 amide bonds. The number of aromatic carboxylic acids is 1. The number of carboxylic acid groups (broad SMARTS) is 1. The van der Waals surface area contributed by atoms with Gasteiger partial charge in [0, 0.05) is 23.3 Å². The third-order valence-corrected chi connectivity index (χ3v) is 3.23. The van der Waals surface area contributed by atoms with Crippen LogP contribution in [-0.4, -0.2) is 27.7 Å². The van der Waals surface area contributed by atoms with Crippen LogP contribution in [0.5, 0.6) is 5.75 Å². The normalized spacial score (nSPS) is 10.3. The first-order chi connectivity index (χ1) is 9.43. The first kappa shape index (κ1) is 14.3. The highest BCUT2D eigenvalue weighted by Crippen LogP contribution is 2.32. The molecule has 7 heteroatoms. The summed E-state index contributed by atoms with van der Waals surface area (Å²) in [6.07, 6.45) is 1.24. The zero-order valence-electron chi connectivity index (χ0n) is 10.8. The van der Waals surface area contributed by atoms with Gasteiger partial charge in [-0.1, -0.05) is 15.9 Å². The summed E-state index contributed by atoms with van der Waals surface area (Å²) in [5.41, 5.74) is -0.0775. The topological polar surface area (TPSA) is 81.4 Å². The summed E-state index contributed by atoms with van der Waals surface area (Å²) < 4.78 is 7.05. The molecular weight excluding hydrogens is 328 g/mol. The molecule has 104 valence electrons. The van der Waals surface area contributed by atoms with Crippen molar-refractivity contribution in [2.24, 2.45) is 7.05 Å². The summed E-state index contributed by atoms with van der Waals surface area (Å²) in [6.45, 7) is 0. The van der Waals surface area contributed by atoms with Crippen LogP contribution in [0.1, 0.15) is 10.4 Å². The Morgan fingerprint density at radius 3 is 2.75 bits per heavy atom. The number of ether oxygens (including phenoxy) is 1. The fourth-order valence-corrected chi connectivity index (χ4v) is 2.13. The first-order valence-electron chi connectivity index (χ1n) is 5.59. The van der Waals surface area contributed by atoms with Gasteiger partial charge < -0.3 is 14.4 Å². The van der Waals surface area contributed by atoms with Gasteiger partial charge in [0.2, 0.25) is 0 Å². The van der Waals surface area contributed by atoms with Gasteiger partial charge in [0.1, 0.15) is 11.3 Å². The molecule has 0 saturated heterocycles. The maximum absolute atomic E-state index is 11.7. The zero-order chi connectivity index (χ0) is 14.9. The number of rotatable bonds is 3. The Morgan fingerprint density at radius 2 is 2.15 bits per heavy atom. The molecule has 0 radical (unpaired) electrons. The molecule has 20 heavy (non-hydrogen) atoms. The lowest BCUT2D eigenvalue weighted by Gasteiger charge is -2.11. The number of benzene rings is 1. The quantitative estimate of drug-likeness (QED) is 0.924. The summed E-state index contributed by atoms with van der Waals surface area (Å²) in [4.78, 5) is 26.9. The molecule has 0 saturated carbocycles. The van der Waals surface area contributed by atoms with Gasteiger partial charge in [-0.05, 0) is 18.2 Å². The lowest BCUT2D eigenvalue weighted by Crippen LogP contribution is -2.23. The third-order valence-electron chi connectivity index (χ3n) is 2.73. The van der Waals surface area contributed by atoms with Gasteiger partial charge >= 0.3 is 11.7 Å². The van der Waals surface area contributed by atoms with E-state index in [1.807, 2.05) is 0 Å². The van der Waals surface area contributed by atoms with Gasteiger partial charge in [-0.2, -0.15) is 4.98 Å². The van der Waals surface area contributed by atoms with Gasteiger partial charge in [0.15, 0.2) is 0 Å². The fourth-order valence-electron chi connectivity index (χ4n) is 1.77. The summed E-state index contributed by atoms with van der Waals surface area (Å²) in [5, 5.41) is 9.27. The van der Waals surface area contributed by atoms with Crippen LogP contribution in [0.2, 0.25) is 0 Å². The molecule has 0 bridgehead atoms. The lowest BCUT2D eigenvalue weighted by molar-refractivity contribution is 0.0696. The van der Waals surface area contributed by atoms with E-state index in [9.17, 15) is 14.7 Å². The highest BCUT2D eigenvalue weighted by Gasteiger charge is 2.19. The highest BCUT2D eigenvalue weighted by molar-refractivity contribution is 9.10. The van der Waals surface area contributed by atoms with Crippen LogP contribution in [-0.2, 0) is 7.05 Å². The molecule has 6 nitrogen and oxygen atoms in total. The van der Waals surface area contributed by atoms with Crippen molar-refractivity contribution in [1.82, 2.24) is 9.55 Å². The second-order valence-electron chi connectivity index (χ2n) is 4.05. The van der Waals surface area contributed by atoms with Gasteiger partial charge in [-0.15, -0.1) is 0 Å². The molecule has 0 atom stereocenters. The van der Waals surface area contributed by atoms with E-state index in [-0.39, 0.29) is 11.3 Å². The molecule has 1 aromatic heterocycles. The Bertz CT molecular complexity index is 740. The number of halogens is 1. The molecule has 1 N–H and O–H groups in total. The summed E-state index contributed by atoms with van der Waals surface area (Å²) in [5.74, 6) is -0.721. The van der Waals surface area contributed by atoms with Crippen molar-refractivity contribution >= 4 is 21.9 Å². The van der Waals surface area contributed by atoms with Crippen LogP contribution < -0.4 is 10.4 Å². The minimum absolute atomic E-state index is 0.0662. The largest absolute Gasteiger partial charge is 0.496 e. The van der Waals surface area contributed by atoms with E-state index in [0.29, 0.717) is 11.3 Å². The van der Waals surface area contributed by atoms with Crippen molar-refractivity contribution in [3.8, 4) is 17.0 Å². The third kappa shape index (κ3) is 2.57. The van der Waals surface area contributed by atoms with Gasteiger partial charge in [-0.3, -0.25) is 0 Å². The van der Waals surface area contributed by atoms with Gasteiger partial charge in [0.05, 0.1) is 12.8 Å². The average Bonchev–Trinajstić information content (AvgIpc) is 2.41. The van der Waals surface area contributed by atoms with Crippen molar-refractivity contribution in [3.05, 3.63) is 44.9 Å². The Kier molecular flexibility index (Phi) is 3.89. The number of aromatic nitrogens is 2. The average molecular weight is 339 g/mol. The number of hydrogen-bond acceptors (Lipinski definition) is 4. The van der Waals surface area contributed by atoms with E-state index >= 15 is 0 Å². The van der Waals surface area contributed by atoms with Crippen LogP contribution in [0.4, 0.5) is 0 Å². The summed E-state index contributed by atoms with van der Waals surface area (Å²) >= 11 is 3.30. The molecule has 0 aliphatic rings. The fraction of sp³-hybridized carbons (Fsp3) is 0.154. The Balaban J connectivity index is 2.81.